The molecule has 0 atom stereocenters. The van der Waals surface area contributed by atoms with Crippen LogP contribution in [0.5, 0.6) is 0 Å². The minimum absolute atomic E-state index is 0.281. The van der Waals surface area contributed by atoms with Gasteiger partial charge in [0, 0.05) is 20.1 Å². The van der Waals surface area contributed by atoms with Gasteiger partial charge in [0.15, 0.2) is 0 Å². The van der Waals surface area contributed by atoms with E-state index in [4.69, 9.17) is 5.11 Å². The minimum Gasteiger partial charge on any atom is -0.396 e. The van der Waals surface area contributed by atoms with E-state index in [1.54, 1.807) is 0 Å². The lowest BCUT2D eigenvalue weighted by Crippen LogP contribution is -2.19. The van der Waals surface area contributed by atoms with Gasteiger partial charge in [-0.2, -0.15) is 8.78 Å². The van der Waals surface area contributed by atoms with Gasteiger partial charge in [-0.25, -0.2) is 4.68 Å². The smallest absolute Gasteiger partial charge is 0.293 e. The largest absolute Gasteiger partial charge is 0.396 e. The van der Waals surface area contributed by atoms with Crippen LogP contribution in [0.15, 0.2) is 6.20 Å². The van der Waals surface area contributed by atoms with Crippen LogP contribution in [0.3, 0.4) is 0 Å². The predicted octanol–water partition coefficient (Wildman–Crippen LogP) is 0.289. The standard InChI is InChI=1S/C6H9F2N3O/c1-11-5(4-9-10-11)6(7,8)2-3-12/h4,12H,2-3H2,1H3. The van der Waals surface area contributed by atoms with Gasteiger partial charge in [0.1, 0.15) is 5.69 Å². The Bertz CT molecular complexity index is 261. The summed E-state index contributed by atoms with van der Waals surface area (Å²) < 4.78 is 27.0. The molecule has 6 heteroatoms. The highest BCUT2D eigenvalue weighted by atomic mass is 19.3. The molecular weight excluding hydrogens is 168 g/mol. The molecular formula is C6H9F2N3O. The first-order valence-electron chi connectivity index (χ1n) is 3.42. The number of aromatic nitrogens is 3. The van der Waals surface area contributed by atoms with Crippen LogP contribution in [0.1, 0.15) is 12.1 Å². The second-order valence-corrected chi connectivity index (χ2v) is 2.42. The van der Waals surface area contributed by atoms with Gasteiger partial charge in [0.25, 0.3) is 5.92 Å². The van der Waals surface area contributed by atoms with E-state index in [-0.39, 0.29) is 5.69 Å². The van der Waals surface area contributed by atoms with Gasteiger partial charge in [0.05, 0.1) is 6.20 Å². The average Bonchev–Trinajstić information content (AvgIpc) is 2.35. The molecule has 12 heavy (non-hydrogen) atoms. The Morgan fingerprint density at radius 3 is 2.75 bits per heavy atom. The zero-order chi connectivity index (χ0) is 9.19. The van der Waals surface area contributed by atoms with Crippen molar-refractivity contribution < 1.29 is 13.9 Å². The van der Waals surface area contributed by atoms with Crippen LogP contribution in [-0.2, 0) is 13.0 Å². The molecule has 1 rings (SSSR count). The second kappa shape index (κ2) is 3.14. The van der Waals surface area contributed by atoms with Gasteiger partial charge >= 0.3 is 0 Å². The van der Waals surface area contributed by atoms with Gasteiger partial charge in [-0.1, -0.05) is 5.21 Å². The highest BCUT2D eigenvalue weighted by Crippen LogP contribution is 2.29. The fourth-order valence-electron chi connectivity index (χ4n) is 0.889. The zero-order valence-electron chi connectivity index (χ0n) is 6.54. The number of rotatable bonds is 3. The summed E-state index contributed by atoms with van der Waals surface area (Å²) in [4.78, 5) is 0. The van der Waals surface area contributed by atoms with Crippen molar-refractivity contribution in [3.63, 3.8) is 0 Å². The Hall–Kier alpha value is -1.04. The lowest BCUT2D eigenvalue weighted by molar-refractivity contribution is -0.0342. The monoisotopic (exact) mass is 177 g/mol. The van der Waals surface area contributed by atoms with Crippen LogP contribution in [0, 0.1) is 0 Å². The number of hydrogen-bond acceptors (Lipinski definition) is 3. The van der Waals surface area contributed by atoms with E-state index in [1.807, 2.05) is 0 Å². The summed E-state index contributed by atoms with van der Waals surface area (Å²) in [6.45, 7) is -0.557. The predicted molar refractivity (Wildman–Crippen MR) is 36.6 cm³/mol. The molecule has 0 fully saturated rings. The number of aliphatic hydroxyl groups is 1. The van der Waals surface area contributed by atoms with Crippen LogP contribution >= 0.6 is 0 Å². The zero-order valence-corrected chi connectivity index (χ0v) is 6.54. The van der Waals surface area contributed by atoms with E-state index in [2.05, 4.69) is 10.3 Å². The maximum absolute atomic E-state index is 13.0. The van der Waals surface area contributed by atoms with E-state index >= 15 is 0 Å². The van der Waals surface area contributed by atoms with Gasteiger partial charge < -0.3 is 5.11 Å². The molecule has 68 valence electrons. The number of hydrogen-bond donors (Lipinski definition) is 1. The molecule has 0 aliphatic rings. The molecule has 1 N–H and O–H groups in total. The molecule has 0 amide bonds. The first-order valence-corrected chi connectivity index (χ1v) is 3.42. The molecule has 4 nitrogen and oxygen atoms in total. The molecule has 0 saturated carbocycles. The average molecular weight is 177 g/mol. The Morgan fingerprint density at radius 2 is 2.33 bits per heavy atom. The van der Waals surface area contributed by atoms with Gasteiger partial charge in [-0.3, -0.25) is 0 Å². The Balaban J connectivity index is 2.88. The lowest BCUT2D eigenvalue weighted by atomic mass is 10.2. The Morgan fingerprint density at radius 1 is 1.67 bits per heavy atom. The Kier molecular flexibility index (Phi) is 2.37. The summed E-state index contributed by atoms with van der Waals surface area (Å²) >= 11 is 0. The molecule has 0 aliphatic heterocycles. The molecule has 0 unspecified atom stereocenters. The molecule has 1 heterocycles. The lowest BCUT2D eigenvalue weighted by Gasteiger charge is -2.13. The molecule has 1 aromatic heterocycles. The fraction of sp³-hybridized carbons (Fsp3) is 0.667. The van der Waals surface area contributed by atoms with E-state index < -0.39 is 19.0 Å². The summed E-state index contributed by atoms with van der Waals surface area (Å²) in [7, 11) is 1.38. The number of aryl methyl sites for hydroxylation is 1. The van der Waals surface area contributed by atoms with E-state index in [9.17, 15) is 8.78 Å². The molecule has 0 aromatic carbocycles. The van der Waals surface area contributed by atoms with E-state index in [0.29, 0.717) is 0 Å². The first kappa shape index (κ1) is 9.05. The summed E-state index contributed by atoms with van der Waals surface area (Å²) in [5, 5.41) is 15.1. The molecule has 1 aromatic rings. The van der Waals surface area contributed by atoms with E-state index in [0.717, 1.165) is 10.9 Å². The van der Waals surface area contributed by atoms with Crippen LogP contribution < -0.4 is 0 Å². The maximum atomic E-state index is 13.0. The van der Waals surface area contributed by atoms with E-state index in [1.165, 1.54) is 7.05 Å². The summed E-state index contributed by atoms with van der Waals surface area (Å²) in [5.74, 6) is -3.05. The van der Waals surface area contributed by atoms with Crippen molar-refractivity contribution in [1.82, 2.24) is 15.0 Å². The van der Waals surface area contributed by atoms with Crippen molar-refractivity contribution in [1.29, 1.82) is 0 Å². The fourth-order valence-corrected chi connectivity index (χ4v) is 0.889. The van der Waals surface area contributed by atoms with Crippen molar-refractivity contribution in [2.45, 2.75) is 12.3 Å². The van der Waals surface area contributed by atoms with Crippen molar-refractivity contribution in [3.8, 4) is 0 Å². The number of halogens is 2. The number of alkyl halides is 2. The third-order valence-corrected chi connectivity index (χ3v) is 1.51. The molecule has 0 radical (unpaired) electrons. The van der Waals surface area contributed by atoms with Crippen molar-refractivity contribution in [3.05, 3.63) is 11.9 Å². The SMILES string of the molecule is Cn1nncc1C(F)(F)CCO. The Labute approximate surface area is 67.8 Å². The van der Waals surface area contributed by atoms with Crippen LogP contribution in [-0.4, -0.2) is 26.7 Å². The van der Waals surface area contributed by atoms with Crippen molar-refractivity contribution in [2.24, 2.45) is 7.05 Å². The van der Waals surface area contributed by atoms with Crippen molar-refractivity contribution >= 4 is 0 Å². The van der Waals surface area contributed by atoms with Crippen LogP contribution in [0.25, 0.3) is 0 Å². The van der Waals surface area contributed by atoms with Crippen LogP contribution in [0.4, 0.5) is 8.78 Å². The molecule has 0 aliphatic carbocycles. The summed E-state index contributed by atoms with van der Waals surface area (Å²) in [5.41, 5.74) is -0.281. The molecule has 0 saturated heterocycles. The topological polar surface area (TPSA) is 50.9 Å². The van der Waals surface area contributed by atoms with Gasteiger partial charge in [-0.05, 0) is 0 Å². The second-order valence-electron chi connectivity index (χ2n) is 2.42. The highest BCUT2D eigenvalue weighted by molar-refractivity contribution is 5.02. The van der Waals surface area contributed by atoms with Gasteiger partial charge in [-0.15, -0.1) is 5.10 Å². The minimum atomic E-state index is -3.05. The number of nitrogens with zero attached hydrogens (tertiary/aromatic N) is 3. The summed E-state index contributed by atoms with van der Waals surface area (Å²) in [6.07, 6.45) is 0.393. The van der Waals surface area contributed by atoms with Crippen LogP contribution in [0.2, 0.25) is 0 Å². The third-order valence-electron chi connectivity index (χ3n) is 1.51. The first-order chi connectivity index (χ1) is 5.58. The van der Waals surface area contributed by atoms with Gasteiger partial charge in [0.2, 0.25) is 0 Å². The summed E-state index contributed by atoms with van der Waals surface area (Å²) in [6, 6.07) is 0. The quantitative estimate of drug-likeness (QED) is 0.721. The third kappa shape index (κ3) is 1.58. The normalized spacial score (nSPS) is 12.0. The molecule has 0 spiro atoms. The highest BCUT2D eigenvalue weighted by Gasteiger charge is 2.34. The van der Waals surface area contributed by atoms with Crippen molar-refractivity contribution in [2.75, 3.05) is 6.61 Å². The molecule has 0 bridgehead atoms. The number of aliphatic hydroxyl groups excluding tert-OH is 1. The maximum Gasteiger partial charge on any atom is 0.293 e.